The number of rotatable bonds is 22. The minimum Gasteiger partial charge on any atom is -0.314 e. The van der Waals surface area contributed by atoms with Crippen molar-refractivity contribution < 1.29 is 0 Å². The summed E-state index contributed by atoms with van der Waals surface area (Å²) in [6.07, 6.45) is 25.7. The monoisotopic (exact) mass is 1060 g/mol. The maximum atomic E-state index is 3.83. The Morgan fingerprint density at radius 2 is 0.573 bits per heavy atom. The Balaban J connectivity index is 0.000000315. The van der Waals surface area contributed by atoms with Crippen LogP contribution in [0.5, 0.6) is 0 Å². The fourth-order valence-corrected chi connectivity index (χ4v) is 15.8. The molecule has 10 nitrogen and oxygen atoms in total. The van der Waals surface area contributed by atoms with Crippen LogP contribution in [0.2, 0.25) is 0 Å². The van der Waals surface area contributed by atoms with Crippen molar-refractivity contribution in [1.29, 1.82) is 0 Å². The topological polar surface area (TPSA) is 85.1 Å². The van der Waals surface area contributed by atoms with Gasteiger partial charge in [-0.15, -0.1) is 0 Å². The summed E-state index contributed by atoms with van der Waals surface area (Å²) in [5.41, 5.74) is 2.62. The molecule has 0 atom stereocenters. The van der Waals surface area contributed by atoms with Crippen molar-refractivity contribution in [1.82, 2.24) is 51.5 Å². The first-order valence-electron chi connectivity index (χ1n) is 31.6. The number of likely N-dealkylation sites (tertiary alicyclic amines) is 2. The van der Waals surface area contributed by atoms with E-state index in [1.807, 2.05) is 0 Å². The smallest absolute Gasteiger partial charge is 0.0170 e. The average Bonchev–Trinajstić information content (AvgIpc) is 3.20. The standard InChI is InChI=1S/C28H58N4.C24H50N4.C13H28N2/c1-25(2)19-23(20-26(3,4)31(25)11)29(9)17-15-13-14-16-18-30(10)24-21-27(5,6)32(12)28(7,8)22-24;1-21(2)15-19(16-22(3,4)27-21)25-13-11-9-10-12-14-26-20-17-23(5,6)28-24(7,8)18-20;1-6-7-8-14-11-9-12(2,3)15-13(4,5)10-11/h23-24H,13-22H2,1-12H3;19-20,25-28H,9-18H2,1-8H3;11,14-15H,6-10H2,1-5H3. The molecular weight excluding hydrogens is 921 g/mol. The van der Waals surface area contributed by atoms with E-state index in [1.165, 1.54) is 161 Å². The molecule has 0 saturated carbocycles. The van der Waals surface area contributed by atoms with Gasteiger partial charge in [-0.1, -0.05) is 39.0 Å². The highest BCUT2D eigenvalue weighted by atomic mass is 15.3. The summed E-state index contributed by atoms with van der Waals surface area (Å²) in [6.45, 7) is 55.5. The van der Waals surface area contributed by atoms with E-state index in [9.17, 15) is 0 Å². The summed E-state index contributed by atoms with van der Waals surface area (Å²) in [7, 11) is 9.33. The van der Waals surface area contributed by atoms with Gasteiger partial charge in [-0.25, -0.2) is 0 Å². The Labute approximate surface area is 469 Å². The zero-order valence-corrected chi connectivity index (χ0v) is 55.4. The number of hydrogen-bond acceptors (Lipinski definition) is 10. The van der Waals surface area contributed by atoms with Crippen LogP contribution >= 0.6 is 0 Å². The maximum Gasteiger partial charge on any atom is 0.0170 e. The van der Waals surface area contributed by atoms with E-state index in [-0.39, 0.29) is 55.4 Å². The fourth-order valence-electron chi connectivity index (χ4n) is 15.8. The molecule has 5 fully saturated rings. The van der Waals surface area contributed by atoms with Gasteiger partial charge in [0, 0.05) is 85.6 Å². The summed E-state index contributed by atoms with van der Waals surface area (Å²) >= 11 is 0. The van der Waals surface area contributed by atoms with Gasteiger partial charge in [0.1, 0.15) is 0 Å². The lowest BCUT2D eigenvalue weighted by Gasteiger charge is -2.55. The lowest BCUT2D eigenvalue weighted by molar-refractivity contribution is -0.0433. The van der Waals surface area contributed by atoms with Gasteiger partial charge in [0.15, 0.2) is 0 Å². The average molecular weight is 1060 g/mol. The van der Waals surface area contributed by atoms with Gasteiger partial charge in [-0.2, -0.15) is 0 Å². The first-order chi connectivity index (χ1) is 34.1. The van der Waals surface area contributed by atoms with Crippen LogP contribution in [0.15, 0.2) is 0 Å². The molecule has 0 unspecified atom stereocenters. The summed E-state index contributed by atoms with van der Waals surface area (Å²) < 4.78 is 0. The third-order valence-electron chi connectivity index (χ3n) is 19.1. The quantitative estimate of drug-likeness (QED) is 0.0590. The SMILES string of the molecule is CC1(C)CC(NCCCCCCNC2CC(C)(C)NC(C)(C)C2)CC(C)(C)N1.CCCCNC1CC(C)(C)NC(C)(C)C1.CN(CCCCCCN(C)C1CC(C)(C)N(C)C(C)(C)C1)C1CC(C)(C)N(C)C(C)(C)C1. The summed E-state index contributed by atoms with van der Waals surface area (Å²) in [4.78, 5) is 10.5. The molecule has 6 N–H and O–H groups in total. The van der Waals surface area contributed by atoms with Crippen LogP contribution in [0, 0.1) is 0 Å². The first kappa shape index (κ1) is 68.9. The molecule has 10 heteroatoms. The maximum absolute atomic E-state index is 3.83. The summed E-state index contributed by atoms with van der Waals surface area (Å²) in [6, 6.07) is 3.40. The van der Waals surface area contributed by atoms with Crippen molar-refractivity contribution in [2.75, 3.05) is 60.9 Å². The molecule has 0 radical (unpaired) electrons. The van der Waals surface area contributed by atoms with E-state index in [4.69, 9.17) is 0 Å². The number of unbranched alkanes of at least 4 members (excludes halogenated alkanes) is 7. The Kier molecular flexibility index (Phi) is 25.8. The van der Waals surface area contributed by atoms with Crippen molar-refractivity contribution >= 4 is 0 Å². The van der Waals surface area contributed by atoms with Gasteiger partial charge in [0.05, 0.1) is 0 Å². The summed E-state index contributed by atoms with van der Waals surface area (Å²) in [5, 5.41) is 22.6. The Morgan fingerprint density at radius 1 is 0.347 bits per heavy atom. The Morgan fingerprint density at radius 3 is 0.813 bits per heavy atom. The van der Waals surface area contributed by atoms with Crippen molar-refractivity contribution in [3.05, 3.63) is 0 Å². The lowest BCUT2D eigenvalue weighted by atomic mass is 9.77. The van der Waals surface area contributed by atoms with Crippen molar-refractivity contribution in [2.24, 2.45) is 0 Å². The molecule has 0 aromatic rings. The van der Waals surface area contributed by atoms with Crippen LogP contribution in [0.4, 0.5) is 0 Å². The third kappa shape index (κ3) is 24.3. The molecule has 5 saturated heterocycles. The molecule has 0 bridgehead atoms. The highest BCUT2D eigenvalue weighted by Gasteiger charge is 2.46. The molecule has 0 spiro atoms. The largest absolute Gasteiger partial charge is 0.314 e. The van der Waals surface area contributed by atoms with Gasteiger partial charge in [-0.3, -0.25) is 9.80 Å². The molecule has 5 aliphatic heterocycles. The number of piperidine rings is 5. The van der Waals surface area contributed by atoms with Crippen LogP contribution in [0.1, 0.15) is 274 Å². The van der Waals surface area contributed by atoms with E-state index >= 15 is 0 Å². The van der Waals surface area contributed by atoms with Crippen LogP contribution in [-0.4, -0.2) is 166 Å². The molecule has 0 amide bonds. The summed E-state index contributed by atoms with van der Waals surface area (Å²) in [5.74, 6) is 0. The van der Waals surface area contributed by atoms with Gasteiger partial charge in [0.2, 0.25) is 0 Å². The second-order valence-electron chi connectivity index (χ2n) is 32.5. The highest BCUT2D eigenvalue weighted by Crippen LogP contribution is 2.40. The Bertz CT molecular complexity index is 1450. The Hall–Kier alpha value is -0.400. The third-order valence-corrected chi connectivity index (χ3v) is 19.1. The van der Waals surface area contributed by atoms with E-state index in [0.29, 0.717) is 30.2 Å². The van der Waals surface area contributed by atoms with Crippen molar-refractivity contribution in [3.63, 3.8) is 0 Å². The van der Waals surface area contributed by atoms with E-state index in [1.54, 1.807) is 0 Å². The minimum absolute atomic E-state index is 0.239. The second-order valence-corrected chi connectivity index (χ2v) is 32.5. The van der Waals surface area contributed by atoms with E-state index < -0.39 is 0 Å². The van der Waals surface area contributed by atoms with Crippen molar-refractivity contribution in [2.45, 2.75) is 359 Å². The molecule has 5 aliphatic rings. The molecule has 75 heavy (non-hydrogen) atoms. The molecule has 5 rings (SSSR count). The number of nitrogens with one attached hydrogen (secondary N) is 6. The molecule has 0 aromatic carbocycles. The lowest BCUT2D eigenvalue weighted by Crippen LogP contribution is -2.62. The molecule has 5 heterocycles. The van der Waals surface area contributed by atoms with Crippen LogP contribution in [0.3, 0.4) is 0 Å². The van der Waals surface area contributed by atoms with Crippen LogP contribution < -0.4 is 31.9 Å². The molecular formula is C65H136N10. The van der Waals surface area contributed by atoms with E-state index in [0.717, 1.165) is 0 Å². The first-order valence-corrected chi connectivity index (χ1v) is 31.6. The van der Waals surface area contributed by atoms with E-state index in [2.05, 4.69) is 225 Å². The minimum atomic E-state index is 0.239. The van der Waals surface area contributed by atoms with Crippen LogP contribution in [-0.2, 0) is 0 Å². The van der Waals surface area contributed by atoms with Gasteiger partial charge in [0.25, 0.3) is 0 Å². The number of hydrogen-bond donors (Lipinski definition) is 6. The van der Waals surface area contributed by atoms with Gasteiger partial charge >= 0.3 is 0 Å². The second kappa shape index (κ2) is 28.1. The molecule has 0 aliphatic carbocycles. The normalized spacial score (nSPS) is 26.6. The predicted molar refractivity (Wildman–Crippen MR) is 332 cm³/mol. The van der Waals surface area contributed by atoms with Gasteiger partial charge in [-0.05, 0) is 296 Å². The highest BCUT2D eigenvalue weighted by molar-refractivity contribution is 5.04. The zero-order valence-electron chi connectivity index (χ0n) is 55.4. The zero-order chi connectivity index (χ0) is 57.1. The molecule has 0 aromatic heterocycles. The van der Waals surface area contributed by atoms with Crippen LogP contribution in [0.25, 0.3) is 0 Å². The fraction of sp³-hybridized carbons (Fsp3) is 1.00. The number of nitrogens with zero attached hydrogens (tertiary/aromatic N) is 4. The molecule has 446 valence electrons. The predicted octanol–water partition coefficient (Wildman–Crippen LogP) is 12.7. The van der Waals surface area contributed by atoms with Crippen molar-refractivity contribution in [3.8, 4) is 0 Å². The van der Waals surface area contributed by atoms with Gasteiger partial charge < -0.3 is 41.7 Å².